The molecule has 1 aromatic carbocycles. The van der Waals surface area contributed by atoms with E-state index in [0.29, 0.717) is 12.6 Å². The highest BCUT2D eigenvalue weighted by Gasteiger charge is 2.04. The summed E-state index contributed by atoms with van der Waals surface area (Å²) in [7, 11) is 1.92. The molecule has 1 unspecified atom stereocenters. The number of rotatable bonds is 7. The third-order valence-electron chi connectivity index (χ3n) is 2.68. The van der Waals surface area contributed by atoms with Gasteiger partial charge in [0.25, 0.3) is 0 Å². The van der Waals surface area contributed by atoms with E-state index in [1.165, 1.54) is 0 Å². The first-order valence-electron chi connectivity index (χ1n) is 5.88. The van der Waals surface area contributed by atoms with Gasteiger partial charge in [-0.3, -0.25) is 0 Å². The Labute approximate surface area is 101 Å². The van der Waals surface area contributed by atoms with Crippen molar-refractivity contribution in [2.45, 2.75) is 32.2 Å². The summed E-state index contributed by atoms with van der Waals surface area (Å²) >= 11 is 0. The fourth-order valence-electron chi connectivity index (χ4n) is 1.47. The second-order valence-corrected chi connectivity index (χ2v) is 4.11. The third-order valence-corrected chi connectivity index (χ3v) is 2.68. The van der Waals surface area contributed by atoms with E-state index in [2.05, 4.69) is 12.2 Å². The summed E-state index contributed by atoms with van der Waals surface area (Å²) in [5, 5.41) is 3.14. The van der Waals surface area contributed by atoms with Crippen LogP contribution in [0.4, 0.5) is 8.78 Å². The molecule has 0 heterocycles. The number of unbranched alkanes of at least 4 members (excludes halogenated alkanes) is 1. The smallest absolute Gasteiger partial charge is 0.165 e. The van der Waals surface area contributed by atoms with Gasteiger partial charge in [-0.1, -0.05) is 0 Å². The molecule has 0 spiro atoms. The van der Waals surface area contributed by atoms with Crippen molar-refractivity contribution in [3.05, 3.63) is 29.8 Å². The second-order valence-electron chi connectivity index (χ2n) is 4.11. The van der Waals surface area contributed by atoms with E-state index in [1.54, 1.807) is 0 Å². The molecule has 0 aliphatic heterocycles. The van der Waals surface area contributed by atoms with Crippen molar-refractivity contribution < 1.29 is 13.5 Å². The molecule has 1 aromatic rings. The fourth-order valence-corrected chi connectivity index (χ4v) is 1.47. The predicted molar refractivity (Wildman–Crippen MR) is 64.2 cm³/mol. The quantitative estimate of drug-likeness (QED) is 0.743. The van der Waals surface area contributed by atoms with Crippen molar-refractivity contribution in [2.24, 2.45) is 0 Å². The molecule has 0 aliphatic carbocycles. The van der Waals surface area contributed by atoms with E-state index in [0.717, 1.165) is 37.5 Å². The molecule has 4 heteroatoms. The van der Waals surface area contributed by atoms with Crippen LogP contribution in [0.15, 0.2) is 18.2 Å². The Morgan fingerprint density at radius 3 is 2.76 bits per heavy atom. The van der Waals surface area contributed by atoms with Crippen LogP contribution in [-0.4, -0.2) is 19.7 Å². The van der Waals surface area contributed by atoms with Gasteiger partial charge in [0, 0.05) is 12.1 Å². The molecule has 0 aromatic heterocycles. The summed E-state index contributed by atoms with van der Waals surface area (Å²) in [5.41, 5.74) is 0. The van der Waals surface area contributed by atoms with E-state index in [4.69, 9.17) is 4.74 Å². The first kappa shape index (κ1) is 13.9. The maximum absolute atomic E-state index is 13.2. The van der Waals surface area contributed by atoms with Crippen LogP contribution in [-0.2, 0) is 0 Å². The van der Waals surface area contributed by atoms with Crippen LogP contribution in [0.2, 0.25) is 0 Å². The van der Waals surface area contributed by atoms with E-state index >= 15 is 0 Å². The Bertz CT molecular complexity index is 344. The topological polar surface area (TPSA) is 21.3 Å². The van der Waals surface area contributed by atoms with Gasteiger partial charge in [0.1, 0.15) is 5.82 Å². The summed E-state index contributed by atoms with van der Waals surface area (Å²) in [6.45, 7) is 2.52. The SMILES string of the molecule is CNC(C)CCCCOc1cc(F)ccc1F. The highest BCUT2D eigenvalue weighted by Crippen LogP contribution is 2.18. The van der Waals surface area contributed by atoms with E-state index in [-0.39, 0.29) is 5.75 Å². The molecule has 1 atom stereocenters. The summed E-state index contributed by atoms with van der Waals surface area (Å²) in [6.07, 6.45) is 2.88. The standard InChI is InChI=1S/C13H19F2NO/c1-10(16-2)5-3-4-8-17-13-9-11(14)6-7-12(13)15/h6-7,9-10,16H,3-5,8H2,1-2H3. The van der Waals surface area contributed by atoms with Gasteiger partial charge in [-0.05, 0) is 45.4 Å². The summed E-state index contributed by atoms with van der Waals surface area (Å²) in [6, 6.07) is 3.71. The highest BCUT2D eigenvalue weighted by atomic mass is 19.1. The summed E-state index contributed by atoms with van der Waals surface area (Å²) < 4.78 is 31.2. The fraction of sp³-hybridized carbons (Fsp3) is 0.538. The average Bonchev–Trinajstić information content (AvgIpc) is 2.32. The molecule has 17 heavy (non-hydrogen) atoms. The van der Waals surface area contributed by atoms with Crippen molar-refractivity contribution in [1.29, 1.82) is 0 Å². The highest BCUT2D eigenvalue weighted by molar-refractivity contribution is 5.24. The molecule has 1 rings (SSSR count). The van der Waals surface area contributed by atoms with E-state index in [9.17, 15) is 8.78 Å². The van der Waals surface area contributed by atoms with Crippen molar-refractivity contribution >= 4 is 0 Å². The number of hydrogen-bond acceptors (Lipinski definition) is 2. The predicted octanol–water partition coefficient (Wildman–Crippen LogP) is 3.12. The zero-order valence-electron chi connectivity index (χ0n) is 10.3. The Morgan fingerprint density at radius 2 is 2.06 bits per heavy atom. The number of nitrogens with one attached hydrogen (secondary N) is 1. The van der Waals surface area contributed by atoms with E-state index < -0.39 is 11.6 Å². The molecular formula is C13H19F2NO. The first-order valence-corrected chi connectivity index (χ1v) is 5.88. The Kier molecular flexibility index (Phi) is 5.91. The lowest BCUT2D eigenvalue weighted by molar-refractivity contribution is 0.286. The molecule has 0 amide bonds. The third kappa shape index (κ3) is 5.13. The van der Waals surface area contributed by atoms with Crippen molar-refractivity contribution in [3.63, 3.8) is 0 Å². The monoisotopic (exact) mass is 243 g/mol. The number of benzene rings is 1. The number of hydrogen-bond donors (Lipinski definition) is 1. The van der Waals surface area contributed by atoms with Gasteiger partial charge < -0.3 is 10.1 Å². The molecule has 0 saturated heterocycles. The van der Waals surface area contributed by atoms with Gasteiger partial charge in [-0.15, -0.1) is 0 Å². The van der Waals surface area contributed by atoms with Gasteiger partial charge in [0.2, 0.25) is 0 Å². The molecule has 0 aliphatic rings. The summed E-state index contributed by atoms with van der Waals surface area (Å²) in [5.74, 6) is -1.01. The molecule has 0 radical (unpaired) electrons. The molecule has 0 fully saturated rings. The zero-order chi connectivity index (χ0) is 12.7. The zero-order valence-corrected chi connectivity index (χ0v) is 10.3. The van der Waals surface area contributed by atoms with Gasteiger partial charge >= 0.3 is 0 Å². The minimum atomic E-state index is -0.519. The van der Waals surface area contributed by atoms with E-state index in [1.807, 2.05) is 7.05 Å². The van der Waals surface area contributed by atoms with Gasteiger partial charge in [-0.25, -0.2) is 8.78 Å². The number of ether oxygens (including phenoxy) is 1. The maximum atomic E-state index is 13.2. The van der Waals surface area contributed by atoms with Gasteiger partial charge in [0.05, 0.1) is 6.61 Å². The summed E-state index contributed by atoms with van der Waals surface area (Å²) in [4.78, 5) is 0. The van der Waals surface area contributed by atoms with Crippen molar-refractivity contribution in [1.82, 2.24) is 5.32 Å². The lowest BCUT2D eigenvalue weighted by atomic mass is 10.1. The Morgan fingerprint density at radius 1 is 1.29 bits per heavy atom. The normalized spacial score (nSPS) is 12.5. The maximum Gasteiger partial charge on any atom is 0.165 e. The second kappa shape index (κ2) is 7.22. The number of halogens is 2. The minimum Gasteiger partial charge on any atom is -0.490 e. The van der Waals surface area contributed by atoms with Crippen LogP contribution >= 0.6 is 0 Å². The Hall–Kier alpha value is -1.16. The lowest BCUT2D eigenvalue weighted by Gasteiger charge is -2.10. The molecule has 96 valence electrons. The van der Waals surface area contributed by atoms with Crippen LogP contribution in [0.3, 0.4) is 0 Å². The molecular weight excluding hydrogens is 224 g/mol. The van der Waals surface area contributed by atoms with Gasteiger partial charge in [-0.2, -0.15) is 0 Å². The Balaban J connectivity index is 2.24. The van der Waals surface area contributed by atoms with Gasteiger partial charge in [0.15, 0.2) is 11.6 Å². The molecule has 0 saturated carbocycles. The lowest BCUT2D eigenvalue weighted by Crippen LogP contribution is -2.20. The van der Waals surface area contributed by atoms with Crippen LogP contribution in [0.5, 0.6) is 5.75 Å². The molecule has 1 N–H and O–H groups in total. The van der Waals surface area contributed by atoms with Crippen molar-refractivity contribution in [3.8, 4) is 5.75 Å². The van der Waals surface area contributed by atoms with Crippen molar-refractivity contribution in [2.75, 3.05) is 13.7 Å². The minimum absolute atomic E-state index is 0.00772. The molecule has 2 nitrogen and oxygen atoms in total. The average molecular weight is 243 g/mol. The largest absolute Gasteiger partial charge is 0.490 e. The van der Waals surface area contributed by atoms with Crippen LogP contribution in [0.25, 0.3) is 0 Å². The first-order chi connectivity index (χ1) is 8.13. The molecule has 0 bridgehead atoms. The van der Waals surface area contributed by atoms with Crippen LogP contribution in [0.1, 0.15) is 26.2 Å². The van der Waals surface area contributed by atoms with Crippen LogP contribution in [0, 0.1) is 11.6 Å². The van der Waals surface area contributed by atoms with Crippen LogP contribution < -0.4 is 10.1 Å².